The summed E-state index contributed by atoms with van der Waals surface area (Å²) in [6.45, 7) is 7.55. The van der Waals surface area contributed by atoms with Gasteiger partial charge in [0.25, 0.3) is 0 Å². The Bertz CT molecular complexity index is 770. The molecule has 0 aromatic carbocycles. The number of sulfonamides is 1. The van der Waals surface area contributed by atoms with Crippen molar-refractivity contribution in [1.29, 1.82) is 0 Å². The van der Waals surface area contributed by atoms with E-state index < -0.39 is 10.0 Å². The van der Waals surface area contributed by atoms with E-state index in [1.54, 1.807) is 20.8 Å². The fraction of sp³-hybridized carbons (Fsp3) is 0.615. The van der Waals surface area contributed by atoms with E-state index in [9.17, 15) is 8.42 Å². The van der Waals surface area contributed by atoms with E-state index in [2.05, 4.69) is 20.2 Å². The number of piperazine rings is 1. The van der Waals surface area contributed by atoms with E-state index >= 15 is 0 Å². The molecule has 0 N–H and O–H groups in total. The lowest BCUT2D eigenvalue weighted by Crippen LogP contribution is -2.48. The summed E-state index contributed by atoms with van der Waals surface area (Å²) in [4.78, 5) is 6.43. The third-order valence-corrected chi connectivity index (χ3v) is 5.97. The van der Waals surface area contributed by atoms with Gasteiger partial charge >= 0.3 is 0 Å². The van der Waals surface area contributed by atoms with Gasteiger partial charge in [-0.25, -0.2) is 8.42 Å². The molecule has 10 heteroatoms. The summed E-state index contributed by atoms with van der Waals surface area (Å²) in [5.41, 5.74) is 0.395. The van der Waals surface area contributed by atoms with Crippen molar-refractivity contribution in [3.63, 3.8) is 0 Å². The first kappa shape index (κ1) is 16.1. The topological polar surface area (TPSA) is 106 Å². The molecule has 0 unspecified atom stereocenters. The van der Waals surface area contributed by atoms with E-state index in [0.29, 0.717) is 55.9 Å². The summed E-state index contributed by atoms with van der Waals surface area (Å²) < 4.78 is 37.0. The quantitative estimate of drug-likeness (QED) is 0.791. The minimum atomic E-state index is -3.57. The first-order valence-electron chi connectivity index (χ1n) is 7.32. The van der Waals surface area contributed by atoms with Crippen LogP contribution in [0.25, 0.3) is 0 Å². The van der Waals surface area contributed by atoms with Gasteiger partial charge in [0, 0.05) is 26.2 Å². The normalized spacial score (nSPS) is 17.7. The molecule has 1 aliphatic rings. The van der Waals surface area contributed by atoms with Crippen molar-refractivity contribution >= 4 is 10.0 Å². The highest BCUT2D eigenvalue weighted by Gasteiger charge is 2.33. The van der Waals surface area contributed by atoms with Crippen LogP contribution in [0.4, 0.5) is 0 Å². The molecule has 0 radical (unpaired) electrons. The van der Waals surface area contributed by atoms with E-state index in [1.807, 2.05) is 0 Å². The molecule has 2 aromatic rings. The van der Waals surface area contributed by atoms with Gasteiger partial charge in [-0.1, -0.05) is 10.3 Å². The van der Waals surface area contributed by atoms with Gasteiger partial charge < -0.3 is 9.05 Å². The second-order valence-electron chi connectivity index (χ2n) is 5.57. The van der Waals surface area contributed by atoms with E-state index in [-0.39, 0.29) is 4.90 Å². The first-order chi connectivity index (χ1) is 10.9. The molecule has 0 amide bonds. The van der Waals surface area contributed by atoms with E-state index in [1.165, 1.54) is 4.31 Å². The maximum absolute atomic E-state index is 12.7. The average Bonchev–Trinajstić information content (AvgIpc) is 3.05. The summed E-state index contributed by atoms with van der Waals surface area (Å²) in [6, 6.07) is 0. The standard InChI is InChI=1S/C13H19N5O4S/c1-9-13(10(2)21-15-9)23(19,20)18-6-4-17(5-7-18)8-12-14-11(3)16-22-12/h4-8H2,1-3H3. The third kappa shape index (κ3) is 3.14. The van der Waals surface area contributed by atoms with Crippen LogP contribution in [0.15, 0.2) is 13.9 Å². The number of rotatable bonds is 4. The largest absolute Gasteiger partial charge is 0.360 e. The lowest BCUT2D eigenvalue weighted by Gasteiger charge is -2.32. The van der Waals surface area contributed by atoms with Crippen LogP contribution < -0.4 is 0 Å². The predicted octanol–water partition coefficient (Wildman–Crippen LogP) is 0.489. The Morgan fingerprint density at radius 3 is 2.26 bits per heavy atom. The first-order valence-corrected chi connectivity index (χ1v) is 8.76. The van der Waals surface area contributed by atoms with Gasteiger partial charge in [-0.15, -0.1) is 0 Å². The summed E-state index contributed by atoms with van der Waals surface area (Å²) in [5.74, 6) is 1.47. The van der Waals surface area contributed by atoms with E-state index in [4.69, 9.17) is 9.05 Å². The molecule has 126 valence electrons. The smallest absolute Gasteiger partial charge is 0.248 e. The Hall–Kier alpha value is -1.78. The second-order valence-corrected chi connectivity index (χ2v) is 7.44. The van der Waals surface area contributed by atoms with Gasteiger partial charge in [-0.3, -0.25) is 4.90 Å². The maximum Gasteiger partial charge on any atom is 0.248 e. The zero-order chi connectivity index (χ0) is 16.6. The lowest BCUT2D eigenvalue weighted by atomic mass is 10.3. The fourth-order valence-electron chi connectivity index (χ4n) is 2.70. The Balaban J connectivity index is 1.66. The highest BCUT2D eigenvalue weighted by Crippen LogP contribution is 2.24. The van der Waals surface area contributed by atoms with Crippen molar-refractivity contribution in [2.24, 2.45) is 0 Å². The van der Waals surface area contributed by atoms with Crippen LogP contribution in [0.3, 0.4) is 0 Å². The number of aromatic nitrogens is 3. The molecular formula is C13H19N5O4S. The fourth-order valence-corrected chi connectivity index (χ4v) is 4.41. The zero-order valence-corrected chi connectivity index (χ0v) is 14.1. The molecule has 9 nitrogen and oxygen atoms in total. The summed E-state index contributed by atoms with van der Waals surface area (Å²) in [5, 5.41) is 7.48. The molecule has 3 heterocycles. The number of hydrogen-bond acceptors (Lipinski definition) is 8. The summed E-state index contributed by atoms with van der Waals surface area (Å²) in [7, 11) is -3.57. The van der Waals surface area contributed by atoms with Crippen molar-refractivity contribution in [3.05, 3.63) is 23.2 Å². The van der Waals surface area contributed by atoms with Gasteiger partial charge in [-0.05, 0) is 20.8 Å². The Labute approximate surface area is 134 Å². The molecule has 1 saturated heterocycles. The Morgan fingerprint density at radius 2 is 1.74 bits per heavy atom. The summed E-state index contributed by atoms with van der Waals surface area (Å²) >= 11 is 0. The molecule has 0 spiro atoms. The van der Waals surface area contributed by atoms with Crippen molar-refractivity contribution in [3.8, 4) is 0 Å². The molecule has 1 aliphatic heterocycles. The van der Waals surface area contributed by atoms with Gasteiger partial charge in [-0.2, -0.15) is 9.29 Å². The highest BCUT2D eigenvalue weighted by molar-refractivity contribution is 7.89. The molecule has 0 atom stereocenters. The second kappa shape index (κ2) is 6.02. The summed E-state index contributed by atoms with van der Waals surface area (Å²) in [6.07, 6.45) is 0. The molecule has 2 aromatic heterocycles. The molecular weight excluding hydrogens is 322 g/mol. The monoisotopic (exact) mass is 341 g/mol. The van der Waals surface area contributed by atoms with Gasteiger partial charge in [0.05, 0.1) is 6.54 Å². The van der Waals surface area contributed by atoms with Gasteiger partial charge in [0.15, 0.2) is 11.6 Å². The van der Waals surface area contributed by atoms with Crippen LogP contribution in [0.5, 0.6) is 0 Å². The van der Waals surface area contributed by atoms with Crippen molar-refractivity contribution in [1.82, 2.24) is 24.5 Å². The maximum atomic E-state index is 12.7. The van der Waals surface area contributed by atoms with Crippen LogP contribution in [0.1, 0.15) is 23.2 Å². The SMILES string of the molecule is Cc1noc(CN2CCN(S(=O)(=O)c3c(C)noc3C)CC2)n1. The molecule has 0 aliphatic carbocycles. The molecule has 1 fully saturated rings. The van der Waals surface area contributed by atoms with Crippen molar-refractivity contribution < 1.29 is 17.5 Å². The predicted molar refractivity (Wildman–Crippen MR) is 79.0 cm³/mol. The van der Waals surface area contributed by atoms with Crippen LogP contribution >= 0.6 is 0 Å². The zero-order valence-electron chi connectivity index (χ0n) is 13.3. The number of aryl methyl sites for hydroxylation is 3. The molecule has 0 saturated carbocycles. The Kier molecular flexibility index (Phi) is 4.21. The number of hydrogen-bond donors (Lipinski definition) is 0. The van der Waals surface area contributed by atoms with E-state index in [0.717, 1.165) is 0 Å². The number of nitrogens with zero attached hydrogens (tertiary/aromatic N) is 5. The van der Waals surface area contributed by atoms with Gasteiger partial charge in [0.2, 0.25) is 15.9 Å². The lowest BCUT2D eigenvalue weighted by molar-refractivity contribution is 0.163. The van der Waals surface area contributed by atoms with Crippen LogP contribution in [0, 0.1) is 20.8 Å². The third-order valence-electron chi connectivity index (χ3n) is 3.83. The minimum absolute atomic E-state index is 0.179. The minimum Gasteiger partial charge on any atom is -0.360 e. The van der Waals surface area contributed by atoms with Crippen molar-refractivity contribution in [2.75, 3.05) is 26.2 Å². The molecule has 0 bridgehead atoms. The van der Waals surface area contributed by atoms with Gasteiger partial charge in [0.1, 0.15) is 10.6 Å². The Morgan fingerprint density at radius 1 is 1.04 bits per heavy atom. The van der Waals surface area contributed by atoms with Crippen LogP contribution in [0.2, 0.25) is 0 Å². The average molecular weight is 341 g/mol. The molecule has 23 heavy (non-hydrogen) atoms. The highest BCUT2D eigenvalue weighted by atomic mass is 32.2. The van der Waals surface area contributed by atoms with Crippen LogP contribution in [-0.4, -0.2) is 59.1 Å². The van der Waals surface area contributed by atoms with Crippen molar-refractivity contribution in [2.45, 2.75) is 32.2 Å². The molecule has 3 rings (SSSR count). The van der Waals surface area contributed by atoms with Crippen LogP contribution in [-0.2, 0) is 16.6 Å².